The number of rotatable bonds is 2. The maximum absolute atomic E-state index is 12.9. The SMILES string of the molecule is Fc1cccc(/C=C/c2ccccc2)c1. The largest absolute Gasteiger partial charge is 0.207 e. The standard InChI is InChI=1S/C14H11F/c15-14-8-4-7-13(11-14)10-9-12-5-2-1-3-6-12/h1-11H/b10-9+. The lowest BCUT2D eigenvalue weighted by molar-refractivity contribution is 0.627. The molecule has 0 spiro atoms. The van der Waals surface area contributed by atoms with Crippen LogP contribution < -0.4 is 0 Å². The monoisotopic (exact) mass is 198 g/mol. The smallest absolute Gasteiger partial charge is 0.123 e. The molecule has 0 unspecified atom stereocenters. The molecule has 0 fully saturated rings. The average Bonchev–Trinajstić information content (AvgIpc) is 2.28. The Kier molecular flexibility index (Phi) is 2.93. The molecule has 0 N–H and O–H groups in total. The molecule has 0 aliphatic rings. The molecule has 0 saturated heterocycles. The fourth-order valence-corrected chi connectivity index (χ4v) is 1.37. The molecule has 0 aromatic heterocycles. The van der Waals surface area contributed by atoms with E-state index in [9.17, 15) is 4.39 Å². The zero-order valence-corrected chi connectivity index (χ0v) is 8.23. The van der Waals surface area contributed by atoms with Gasteiger partial charge in [-0.05, 0) is 23.3 Å². The van der Waals surface area contributed by atoms with Crippen LogP contribution in [0.4, 0.5) is 4.39 Å². The van der Waals surface area contributed by atoms with Gasteiger partial charge in [-0.15, -0.1) is 0 Å². The fourth-order valence-electron chi connectivity index (χ4n) is 1.37. The minimum Gasteiger partial charge on any atom is -0.207 e. The summed E-state index contributed by atoms with van der Waals surface area (Å²) in [5.74, 6) is -0.204. The number of benzene rings is 2. The summed E-state index contributed by atoms with van der Waals surface area (Å²) in [5, 5.41) is 0. The molecule has 74 valence electrons. The molecule has 15 heavy (non-hydrogen) atoms. The van der Waals surface area contributed by atoms with Crippen molar-refractivity contribution >= 4 is 12.2 Å². The second-order valence-electron chi connectivity index (χ2n) is 3.30. The van der Waals surface area contributed by atoms with Crippen molar-refractivity contribution < 1.29 is 4.39 Å². The van der Waals surface area contributed by atoms with Crippen molar-refractivity contribution in [2.45, 2.75) is 0 Å². The van der Waals surface area contributed by atoms with Crippen LogP contribution in [0.3, 0.4) is 0 Å². The lowest BCUT2D eigenvalue weighted by Gasteiger charge is -1.94. The van der Waals surface area contributed by atoms with Crippen molar-refractivity contribution in [3.63, 3.8) is 0 Å². The van der Waals surface area contributed by atoms with E-state index in [1.807, 2.05) is 48.6 Å². The molecule has 2 aromatic carbocycles. The zero-order valence-electron chi connectivity index (χ0n) is 8.23. The minimum absolute atomic E-state index is 0.204. The van der Waals surface area contributed by atoms with E-state index < -0.39 is 0 Å². The van der Waals surface area contributed by atoms with Crippen molar-refractivity contribution in [1.29, 1.82) is 0 Å². The van der Waals surface area contributed by atoms with Crippen molar-refractivity contribution in [1.82, 2.24) is 0 Å². The van der Waals surface area contributed by atoms with Gasteiger partial charge in [0, 0.05) is 0 Å². The first-order chi connectivity index (χ1) is 7.34. The molecule has 0 nitrogen and oxygen atoms in total. The molecule has 0 amide bonds. The predicted octanol–water partition coefficient (Wildman–Crippen LogP) is 4.00. The third kappa shape index (κ3) is 2.78. The van der Waals surface area contributed by atoms with E-state index in [1.165, 1.54) is 12.1 Å². The molecule has 2 rings (SSSR count). The van der Waals surface area contributed by atoms with Gasteiger partial charge in [0.25, 0.3) is 0 Å². The van der Waals surface area contributed by atoms with Gasteiger partial charge < -0.3 is 0 Å². The number of hydrogen-bond donors (Lipinski definition) is 0. The Bertz CT molecular complexity index is 458. The van der Waals surface area contributed by atoms with Gasteiger partial charge in [-0.1, -0.05) is 54.6 Å². The Morgan fingerprint density at radius 2 is 1.40 bits per heavy atom. The van der Waals surface area contributed by atoms with Gasteiger partial charge in [0.05, 0.1) is 0 Å². The Morgan fingerprint density at radius 3 is 2.13 bits per heavy atom. The molecule has 0 aliphatic heterocycles. The first kappa shape index (κ1) is 9.66. The van der Waals surface area contributed by atoms with Crippen LogP contribution in [-0.2, 0) is 0 Å². The summed E-state index contributed by atoms with van der Waals surface area (Å²) in [4.78, 5) is 0. The van der Waals surface area contributed by atoms with Crippen molar-refractivity contribution in [3.05, 3.63) is 71.5 Å². The second-order valence-corrected chi connectivity index (χ2v) is 3.30. The van der Waals surface area contributed by atoms with Gasteiger partial charge in [0.15, 0.2) is 0 Å². The van der Waals surface area contributed by atoms with Gasteiger partial charge in [0.1, 0.15) is 5.82 Å². The highest BCUT2D eigenvalue weighted by Gasteiger charge is 1.90. The van der Waals surface area contributed by atoms with Gasteiger partial charge in [-0.3, -0.25) is 0 Å². The van der Waals surface area contributed by atoms with Crippen LogP contribution in [0, 0.1) is 5.82 Å². The minimum atomic E-state index is -0.204. The van der Waals surface area contributed by atoms with Crippen molar-refractivity contribution in [2.24, 2.45) is 0 Å². The number of halogens is 1. The summed E-state index contributed by atoms with van der Waals surface area (Å²) in [7, 11) is 0. The van der Waals surface area contributed by atoms with Gasteiger partial charge >= 0.3 is 0 Å². The Morgan fingerprint density at radius 1 is 0.733 bits per heavy atom. The highest BCUT2D eigenvalue weighted by atomic mass is 19.1. The summed E-state index contributed by atoms with van der Waals surface area (Å²) in [5.41, 5.74) is 1.99. The van der Waals surface area contributed by atoms with Crippen LogP contribution >= 0.6 is 0 Å². The quantitative estimate of drug-likeness (QED) is 0.640. The van der Waals surface area contributed by atoms with E-state index in [4.69, 9.17) is 0 Å². The molecule has 0 aliphatic carbocycles. The van der Waals surface area contributed by atoms with Crippen molar-refractivity contribution in [2.75, 3.05) is 0 Å². The van der Waals surface area contributed by atoms with E-state index in [-0.39, 0.29) is 5.82 Å². The molecule has 0 heterocycles. The van der Waals surface area contributed by atoms with Gasteiger partial charge in [0.2, 0.25) is 0 Å². The molecular formula is C14H11F. The Hall–Kier alpha value is -1.89. The van der Waals surface area contributed by atoms with Gasteiger partial charge in [-0.2, -0.15) is 0 Å². The highest BCUT2D eigenvalue weighted by molar-refractivity contribution is 5.69. The zero-order chi connectivity index (χ0) is 10.5. The van der Waals surface area contributed by atoms with Crippen LogP contribution in [0.1, 0.15) is 11.1 Å². The van der Waals surface area contributed by atoms with Gasteiger partial charge in [-0.25, -0.2) is 4.39 Å². The highest BCUT2D eigenvalue weighted by Crippen LogP contribution is 2.09. The van der Waals surface area contributed by atoms with E-state index >= 15 is 0 Å². The molecular weight excluding hydrogens is 187 g/mol. The lowest BCUT2D eigenvalue weighted by Crippen LogP contribution is -1.75. The Labute approximate surface area is 88.7 Å². The summed E-state index contributed by atoms with van der Waals surface area (Å²) >= 11 is 0. The van der Waals surface area contributed by atoms with E-state index in [0.29, 0.717) is 0 Å². The molecule has 0 radical (unpaired) electrons. The lowest BCUT2D eigenvalue weighted by atomic mass is 10.1. The Balaban J connectivity index is 2.19. The number of hydrogen-bond acceptors (Lipinski definition) is 0. The molecule has 0 bridgehead atoms. The molecule has 0 saturated carbocycles. The maximum Gasteiger partial charge on any atom is 0.123 e. The normalized spacial score (nSPS) is 10.7. The third-order valence-corrected chi connectivity index (χ3v) is 2.12. The van der Waals surface area contributed by atoms with Crippen LogP contribution in [0.5, 0.6) is 0 Å². The molecule has 0 atom stereocenters. The predicted molar refractivity (Wildman–Crippen MR) is 61.8 cm³/mol. The first-order valence-electron chi connectivity index (χ1n) is 4.83. The maximum atomic E-state index is 12.9. The average molecular weight is 198 g/mol. The third-order valence-electron chi connectivity index (χ3n) is 2.12. The van der Waals surface area contributed by atoms with E-state index in [1.54, 1.807) is 6.07 Å². The molecule has 1 heteroatoms. The topological polar surface area (TPSA) is 0 Å². The fraction of sp³-hybridized carbons (Fsp3) is 0. The van der Waals surface area contributed by atoms with Crippen LogP contribution in [0.15, 0.2) is 54.6 Å². The summed E-state index contributed by atoms with van der Waals surface area (Å²) in [6.45, 7) is 0. The second kappa shape index (κ2) is 4.56. The van der Waals surface area contributed by atoms with E-state index in [0.717, 1.165) is 11.1 Å². The first-order valence-corrected chi connectivity index (χ1v) is 4.83. The summed E-state index contributed by atoms with van der Waals surface area (Å²) < 4.78 is 12.9. The van der Waals surface area contributed by atoms with Crippen LogP contribution in [0.25, 0.3) is 12.2 Å². The summed E-state index contributed by atoms with van der Waals surface area (Å²) in [6.07, 6.45) is 3.87. The van der Waals surface area contributed by atoms with E-state index in [2.05, 4.69) is 0 Å². The van der Waals surface area contributed by atoms with Crippen LogP contribution in [-0.4, -0.2) is 0 Å². The van der Waals surface area contributed by atoms with Crippen molar-refractivity contribution in [3.8, 4) is 0 Å². The molecule has 2 aromatic rings. The summed E-state index contributed by atoms with van der Waals surface area (Å²) in [6, 6.07) is 16.5. The van der Waals surface area contributed by atoms with Crippen LogP contribution in [0.2, 0.25) is 0 Å².